The fraction of sp³-hybridized carbons (Fsp3) is 0.290. The zero-order valence-corrected chi connectivity index (χ0v) is 22.7. The molecular weight excluding hydrogens is 492 g/mol. The normalized spacial score (nSPS) is 14.0. The van der Waals surface area contributed by atoms with E-state index in [1.807, 2.05) is 49.4 Å². The lowest BCUT2D eigenvalue weighted by Gasteiger charge is -2.24. The van der Waals surface area contributed by atoms with Gasteiger partial charge in [0.15, 0.2) is 6.10 Å². The lowest BCUT2D eigenvalue weighted by molar-refractivity contribution is -0.122. The van der Waals surface area contributed by atoms with Crippen LogP contribution in [0.1, 0.15) is 62.9 Å². The van der Waals surface area contributed by atoms with Gasteiger partial charge in [-0.2, -0.15) is 10.1 Å². The number of carbonyl (C=O) groups is 3. The van der Waals surface area contributed by atoms with E-state index in [0.717, 1.165) is 6.42 Å². The molecular formula is C31H34N4O4. The minimum absolute atomic E-state index is 0.0104. The number of nitrogens with one attached hydrogen (secondary N) is 2. The molecule has 39 heavy (non-hydrogen) atoms. The molecule has 4 rings (SSSR count). The fourth-order valence-electron chi connectivity index (χ4n) is 4.11. The Kier molecular flexibility index (Phi) is 8.44. The van der Waals surface area contributed by atoms with E-state index in [2.05, 4.69) is 36.5 Å². The number of nitrogens with zero attached hydrogens (tertiary/aromatic N) is 2. The van der Waals surface area contributed by atoms with E-state index in [1.165, 1.54) is 10.6 Å². The topological polar surface area (TPSA) is 100 Å². The molecule has 8 nitrogen and oxygen atoms in total. The number of hydrazone groups is 1. The third-order valence-electron chi connectivity index (χ3n) is 6.89. The number of anilines is 2. The predicted octanol–water partition coefficient (Wildman–Crippen LogP) is 5.65. The van der Waals surface area contributed by atoms with Crippen molar-refractivity contribution in [1.29, 1.82) is 0 Å². The minimum atomic E-state index is -0.699. The average molecular weight is 527 g/mol. The fourth-order valence-corrected chi connectivity index (χ4v) is 4.11. The lowest BCUT2D eigenvalue weighted by Crippen LogP contribution is -2.33. The number of para-hydroxylation sites is 1. The number of rotatable bonds is 9. The molecule has 8 heteroatoms. The van der Waals surface area contributed by atoms with E-state index in [-0.39, 0.29) is 29.5 Å². The molecule has 0 radical (unpaired) electrons. The molecule has 1 aliphatic heterocycles. The van der Waals surface area contributed by atoms with Gasteiger partial charge in [-0.1, -0.05) is 64.1 Å². The first-order valence-corrected chi connectivity index (χ1v) is 13.1. The van der Waals surface area contributed by atoms with E-state index >= 15 is 0 Å². The Bertz CT molecular complexity index is 1370. The highest BCUT2D eigenvalue weighted by Crippen LogP contribution is 2.28. The summed E-state index contributed by atoms with van der Waals surface area (Å²) in [6.07, 6.45) is 0.780. The SMILES string of the molecule is CCC(Oc1ccc(C(C)(C)CC)cc1)C(=O)Nc1cccc(C(=O)NC2=NN(c3ccccc3)C(=O)C2)c1. The van der Waals surface area contributed by atoms with Crippen molar-refractivity contribution < 1.29 is 19.1 Å². The third kappa shape index (κ3) is 6.71. The Morgan fingerprint density at radius 2 is 1.69 bits per heavy atom. The number of amidine groups is 1. The summed E-state index contributed by atoms with van der Waals surface area (Å²) in [7, 11) is 0. The van der Waals surface area contributed by atoms with E-state index in [0.29, 0.717) is 29.1 Å². The van der Waals surface area contributed by atoms with Crippen molar-refractivity contribution in [1.82, 2.24) is 5.32 Å². The standard InChI is InChI=1S/C31H34N4O4/c1-5-26(39-25-17-15-22(16-18-25)31(3,4)6-2)30(38)32-23-12-10-11-21(19-23)29(37)33-27-20-28(36)35(34-27)24-13-8-7-9-14-24/h7-19,26H,5-6,20H2,1-4H3,(H,32,38)(H,33,34,37). The molecule has 1 atom stereocenters. The first-order valence-electron chi connectivity index (χ1n) is 13.1. The second-order valence-corrected chi connectivity index (χ2v) is 10.1. The van der Waals surface area contributed by atoms with Crippen LogP contribution in [0.2, 0.25) is 0 Å². The first kappa shape index (κ1) is 27.6. The summed E-state index contributed by atoms with van der Waals surface area (Å²) in [5, 5.41) is 11.1. The maximum absolute atomic E-state index is 13.0. The molecule has 0 spiro atoms. The highest BCUT2D eigenvalue weighted by molar-refractivity contribution is 6.18. The summed E-state index contributed by atoms with van der Waals surface area (Å²) >= 11 is 0. The van der Waals surface area contributed by atoms with Gasteiger partial charge in [-0.05, 0) is 66.3 Å². The van der Waals surface area contributed by atoms with E-state index in [1.54, 1.807) is 36.4 Å². The second-order valence-electron chi connectivity index (χ2n) is 10.1. The Balaban J connectivity index is 1.38. The molecule has 1 unspecified atom stereocenters. The highest BCUT2D eigenvalue weighted by atomic mass is 16.5. The van der Waals surface area contributed by atoms with E-state index in [4.69, 9.17) is 4.74 Å². The van der Waals surface area contributed by atoms with Crippen LogP contribution in [0, 0.1) is 0 Å². The molecule has 0 saturated heterocycles. The van der Waals surface area contributed by atoms with Gasteiger partial charge in [0.2, 0.25) is 0 Å². The zero-order chi connectivity index (χ0) is 28.0. The molecule has 0 fully saturated rings. The summed E-state index contributed by atoms with van der Waals surface area (Å²) in [6.45, 7) is 8.42. The van der Waals surface area contributed by atoms with Gasteiger partial charge < -0.3 is 15.4 Å². The predicted molar refractivity (Wildman–Crippen MR) is 153 cm³/mol. The summed E-state index contributed by atoms with van der Waals surface area (Å²) < 4.78 is 5.98. The number of ether oxygens (including phenoxy) is 1. The van der Waals surface area contributed by atoms with Crippen molar-refractivity contribution in [2.75, 3.05) is 10.3 Å². The van der Waals surface area contributed by atoms with Crippen molar-refractivity contribution in [3.8, 4) is 5.75 Å². The molecule has 0 aromatic heterocycles. The molecule has 202 valence electrons. The molecule has 3 amide bonds. The average Bonchev–Trinajstić information content (AvgIpc) is 3.32. The van der Waals surface area contributed by atoms with Crippen molar-refractivity contribution in [2.45, 2.75) is 58.5 Å². The van der Waals surface area contributed by atoms with E-state index < -0.39 is 12.0 Å². The molecule has 1 aliphatic rings. The second kappa shape index (κ2) is 11.9. The van der Waals surface area contributed by atoms with Crippen molar-refractivity contribution >= 4 is 34.9 Å². The molecule has 3 aromatic rings. The number of hydrogen-bond donors (Lipinski definition) is 2. The molecule has 3 aromatic carbocycles. The van der Waals surface area contributed by atoms with Crippen LogP contribution in [0.25, 0.3) is 0 Å². The van der Waals surface area contributed by atoms with Crippen LogP contribution < -0.4 is 20.4 Å². The molecule has 2 N–H and O–H groups in total. The van der Waals surface area contributed by atoms with Gasteiger partial charge in [0.25, 0.3) is 17.7 Å². The van der Waals surface area contributed by atoms with Crippen LogP contribution in [0.5, 0.6) is 5.75 Å². The summed E-state index contributed by atoms with van der Waals surface area (Å²) in [6, 6.07) is 23.5. The zero-order valence-electron chi connectivity index (χ0n) is 22.7. The summed E-state index contributed by atoms with van der Waals surface area (Å²) in [5.74, 6) is -0.0802. The Morgan fingerprint density at radius 3 is 2.36 bits per heavy atom. The quantitative estimate of drug-likeness (QED) is 0.376. The van der Waals surface area contributed by atoms with Crippen molar-refractivity contribution in [3.05, 3.63) is 90.0 Å². The number of amides is 3. The van der Waals surface area contributed by atoms with Crippen LogP contribution in [0.4, 0.5) is 11.4 Å². The smallest absolute Gasteiger partial charge is 0.265 e. The van der Waals surface area contributed by atoms with Gasteiger partial charge in [-0.3, -0.25) is 14.4 Å². The number of carbonyl (C=O) groups excluding carboxylic acids is 3. The van der Waals surface area contributed by atoms with Crippen molar-refractivity contribution in [3.63, 3.8) is 0 Å². The lowest BCUT2D eigenvalue weighted by atomic mass is 9.82. The monoisotopic (exact) mass is 526 g/mol. The van der Waals surface area contributed by atoms with Crippen LogP contribution in [0.15, 0.2) is 84.0 Å². The van der Waals surface area contributed by atoms with Crippen LogP contribution in [-0.2, 0) is 15.0 Å². The maximum Gasteiger partial charge on any atom is 0.265 e. The molecule has 0 saturated carbocycles. The number of hydrogen-bond acceptors (Lipinski definition) is 5. The molecule has 0 bridgehead atoms. The first-order chi connectivity index (χ1) is 18.7. The van der Waals surface area contributed by atoms with Gasteiger partial charge in [-0.25, -0.2) is 0 Å². The van der Waals surface area contributed by atoms with Crippen LogP contribution in [0.3, 0.4) is 0 Å². The third-order valence-corrected chi connectivity index (χ3v) is 6.89. The van der Waals surface area contributed by atoms with Gasteiger partial charge in [-0.15, -0.1) is 0 Å². The molecule has 0 aliphatic carbocycles. The van der Waals surface area contributed by atoms with Gasteiger partial charge in [0.05, 0.1) is 12.1 Å². The minimum Gasteiger partial charge on any atom is -0.481 e. The van der Waals surface area contributed by atoms with Crippen molar-refractivity contribution in [2.24, 2.45) is 5.10 Å². The van der Waals surface area contributed by atoms with Gasteiger partial charge in [0, 0.05) is 11.3 Å². The van der Waals surface area contributed by atoms with Gasteiger partial charge >= 0.3 is 0 Å². The Labute approximate surface area is 229 Å². The van der Waals surface area contributed by atoms with Crippen LogP contribution in [-0.4, -0.2) is 29.7 Å². The molecule has 1 heterocycles. The maximum atomic E-state index is 13.0. The Morgan fingerprint density at radius 1 is 0.974 bits per heavy atom. The highest BCUT2D eigenvalue weighted by Gasteiger charge is 2.27. The van der Waals surface area contributed by atoms with E-state index in [9.17, 15) is 14.4 Å². The van der Waals surface area contributed by atoms with Crippen LogP contribution >= 0.6 is 0 Å². The summed E-state index contributed by atoms with van der Waals surface area (Å²) in [5.41, 5.74) is 2.70. The van der Waals surface area contributed by atoms with Gasteiger partial charge in [0.1, 0.15) is 11.6 Å². The number of benzene rings is 3. The summed E-state index contributed by atoms with van der Waals surface area (Å²) in [4.78, 5) is 38.2. The Hall–Kier alpha value is -4.46. The largest absolute Gasteiger partial charge is 0.481 e.